The SMILES string of the molecule is CC(NC(=O)CCn1cnc2c(cnn2C)c1=O)c1ccc(F)c(F)c1. The second kappa shape index (κ2) is 7.03. The Balaban J connectivity index is 1.64. The summed E-state index contributed by atoms with van der Waals surface area (Å²) in [6.45, 7) is 1.81. The Morgan fingerprint density at radius 2 is 2.08 bits per heavy atom. The highest BCUT2D eigenvalue weighted by atomic mass is 19.2. The van der Waals surface area contributed by atoms with Gasteiger partial charge in [0.15, 0.2) is 17.3 Å². The quantitative estimate of drug-likeness (QED) is 0.750. The van der Waals surface area contributed by atoms with Crippen molar-refractivity contribution in [1.29, 1.82) is 0 Å². The molecule has 0 radical (unpaired) electrons. The molecule has 0 aliphatic heterocycles. The van der Waals surface area contributed by atoms with E-state index < -0.39 is 17.7 Å². The molecular formula is C17H17F2N5O2. The van der Waals surface area contributed by atoms with E-state index in [2.05, 4.69) is 15.4 Å². The van der Waals surface area contributed by atoms with Gasteiger partial charge in [0, 0.05) is 20.0 Å². The van der Waals surface area contributed by atoms with Gasteiger partial charge in [-0.3, -0.25) is 18.8 Å². The molecule has 136 valence electrons. The van der Waals surface area contributed by atoms with Gasteiger partial charge in [-0.05, 0) is 24.6 Å². The van der Waals surface area contributed by atoms with Gasteiger partial charge in [0.1, 0.15) is 5.39 Å². The first-order valence-corrected chi connectivity index (χ1v) is 7.98. The number of carbonyl (C=O) groups is 1. The van der Waals surface area contributed by atoms with E-state index >= 15 is 0 Å². The highest BCUT2D eigenvalue weighted by molar-refractivity contribution is 5.76. The molecule has 1 unspecified atom stereocenters. The highest BCUT2D eigenvalue weighted by Crippen LogP contribution is 2.16. The lowest BCUT2D eigenvalue weighted by Gasteiger charge is -2.15. The maximum Gasteiger partial charge on any atom is 0.264 e. The summed E-state index contributed by atoms with van der Waals surface area (Å²) in [5.74, 6) is -2.23. The van der Waals surface area contributed by atoms with Gasteiger partial charge in [-0.2, -0.15) is 5.10 Å². The van der Waals surface area contributed by atoms with Gasteiger partial charge in [-0.15, -0.1) is 0 Å². The molecule has 9 heteroatoms. The van der Waals surface area contributed by atoms with E-state index in [1.54, 1.807) is 14.0 Å². The van der Waals surface area contributed by atoms with Gasteiger partial charge in [-0.25, -0.2) is 13.8 Å². The minimum absolute atomic E-state index is 0.0430. The Morgan fingerprint density at radius 3 is 2.81 bits per heavy atom. The first-order chi connectivity index (χ1) is 12.4. The van der Waals surface area contributed by atoms with Crippen molar-refractivity contribution in [3.8, 4) is 0 Å². The summed E-state index contributed by atoms with van der Waals surface area (Å²) in [6, 6.07) is 2.98. The largest absolute Gasteiger partial charge is 0.350 e. The summed E-state index contributed by atoms with van der Waals surface area (Å²) in [5, 5.41) is 7.06. The molecular weight excluding hydrogens is 344 g/mol. The van der Waals surface area contributed by atoms with Gasteiger partial charge < -0.3 is 5.32 Å². The number of nitrogens with zero attached hydrogens (tertiary/aromatic N) is 4. The smallest absolute Gasteiger partial charge is 0.264 e. The molecule has 26 heavy (non-hydrogen) atoms. The lowest BCUT2D eigenvalue weighted by Crippen LogP contribution is -2.29. The minimum Gasteiger partial charge on any atom is -0.350 e. The number of nitrogens with one attached hydrogen (secondary N) is 1. The number of carbonyl (C=O) groups excluding carboxylic acids is 1. The molecule has 1 amide bonds. The van der Waals surface area contributed by atoms with E-state index in [9.17, 15) is 18.4 Å². The number of hydrogen-bond acceptors (Lipinski definition) is 4. The number of aryl methyl sites for hydroxylation is 2. The summed E-state index contributed by atoms with van der Waals surface area (Å²) in [6.07, 6.45) is 2.85. The van der Waals surface area contributed by atoms with Crippen LogP contribution >= 0.6 is 0 Å². The third-order valence-electron chi connectivity index (χ3n) is 4.12. The monoisotopic (exact) mass is 361 g/mol. The molecule has 0 spiro atoms. The number of fused-ring (bicyclic) bond motifs is 1. The normalized spacial score (nSPS) is 12.3. The van der Waals surface area contributed by atoms with E-state index in [1.165, 1.54) is 27.8 Å². The molecule has 2 heterocycles. The zero-order valence-electron chi connectivity index (χ0n) is 14.2. The first-order valence-electron chi connectivity index (χ1n) is 7.98. The Hall–Kier alpha value is -3.10. The van der Waals surface area contributed by atoms with Crippen LogP contribution in [0.15, 0.2) is 35.5 Å². The van der Waals surface area contributed by atoms with Gasteiger partial charge in [0.05, 0.1) is 18.6 Å². The van der Waals surface area contributed by atoms with Crippen molar-refractivity contribution in [3.63, 3.8) is 0 Å². The fraction of sp³-hybridized carbons (Fsp3) is 0.294. The van der Waals surface area contributed by atoms with Crippen LogP contribution < -0.4 is 10.9 Å². The van der Waals surface area contributed by atoms with E-state index in [4.69, 9.17) is 0 Å². The summed E-state index contributed by atoms with van der Waals surface area (Å²) >= 11 is 0. The average molecular weight is 361 g/mol. The van der Waals surface area contributed by atoms with Crippen LogP contribution in [0.2, 0.25) is 0 Å². The zero-order valence-corrected chi connectivity index (χ0v) is 14.2. The molecule has 0 aliphatic rings. The summed E-state index contributed by atoms with van der Waals surface area (Å²) in [7, 11) is 1.69. The summed E-state index contributed by atoms with van der Waals surface area (Å²) in [5.41, 5.74) is 0.653. The molecule has 3 rings (SSSR count). The first kappa shape index (κ1) is 17.7. The maximum atomic E-state index is 13.3. The van der Waals surface area contributed by atoms with E-state index in [1.807, 2.05) is 0 Å². The molecule has 3 aromatic rings. The number of hydrogen-bond donors (Lipinski definition) is 1. The van der Waals surface area contributed by atoms with Crippen LogP contribution in [0.5, 0.6) is 0 Å². The predicted molar refractivity (Wildman–Crippen MR) is 90.3 cm³/mol. The number of amides is 1. The van der Waals surface area contributed by atoms with Crippen molar-refractivity contribution >= 4 is 16.9 Å². The van der Waals surface area contributed by atoms with Crippen LogP contribution in [0.25, 0.3) is 11.0 Å². The molecule has 0 bridgehead atoms. The molecule has 2 aromatic heterocycles. The van der Waals surface area contributed by atoms with Crippen LogP contribution in [0.3, 0.4) is 0 Å². The van der Waals surface area contributed by atoms with E-state index in [0.717, 1.165) is 12.1 Å². The van der Waals surface area contributed by atoms with Crippen LogP contribution in [0.1, 0.15) is 24.9 Å². The Kier molecular flexibility index (Phi) is 4.79. The van der Waals surface area contributed by atoms with Crippen LogP contribution in [0, 0.1) is 11.6 Å². The number of rotatable bonds is 5. The maximum absolute atomic E-state index is 13.3. The fourth-order valence-electron chi connectivity index (χ4n) is 2.63. The molecule has 1 atom stereocenters. The highest BCUT2D eigenvalue weighted by Gasteiger charge is 2.13. The Bertz CT molecular complexity index is 1030. The van der Waals surface area contributed by atoms with Crippen molar-refractivity contribution in [2.75, 3.05) is 0 Å². The van der Waals surface area contributed by atoms with Crippen LogP contribution in [0.4, 0.5) is 8.78 Å². The molecule has 7 nitrogen and oxygen atoms in total. The molecule has 0 fully saturated rings. The Morgan fingerprint density at radius 1 is 1.31 bits per heavy atom. The van der Waals surface area contributed by atoms with Crippen molar-refractivity contribution in [2.24, 2.45) is 7.05 Å². The number of benzene rings is 1. The van der Waals surface area contributed by atoms with Crippen molar-refractivity contribution in [1.82, 2.24) is 24.6 Å². The van der Waals surface area contributed by atoms with Crippen molar-refractivity contribution < 1.29 is 13.6 Å². The number of halogens is 2. The zero-order chi connectivity index (χ0) is 18.8. The molecule has 0 saturated carbocycles. The molecule has 0 aliphatic carbocycles. The third kappa shape index (κ3) is 3.46. The van der Waals surface area contributed by atoms with Crippen LogP contribution in [-0.4, -0.2) is 25.2 Å². The van der Waals surface area contributed by atoms with E-state index in [-0.39, 0.29) is 24.4 Å². The lowest BCUT2D eigenvalue weighted by atomic mass is 10.1. The molecule has 1 N–H and O–H groups in total. The summed E-state index contributed by atoms with van der Waals surface area (Å²) in [4.78, 5) is 28.6. The standard InChI is InChI=1S/C17H17F2N5O2/c1-10(11-3-4-13(18)14(19)7-11)22-15(25)5-6-24-9-20-16-12(17(24)26)8-21-23(16)2/h3-4,7-10H,5-6H2,1-2H3,(H,22,25). The molecule has 1 aromatic carbocycles. The topological polar surface area (TPSA) is 81.8 Å². The predicted octanol–water partition coefficient (Wildman–Crippen LogP) is 1.68. The number of aromatic nitrogens is 4. The van der Waals surface area contributed by atoms with Gasteiger partial charge >= 0.3 is 0 Å². The van der Waals surface area contributed by atoms with Gasteiger partial charge in [0.2, 0.25) is 5.91 Å². The van der Waals surface area contributed by atoms with Gasteiger partial charge in [-0.1, -0.05) is 6.07 Å². The average Bonchev–Trinajstić information content (AvgIpc) is 2.98. The van der Waals surface area contributed by atoms with Crippen molar-refractivity contribution in [3.05, 3.63) is 58.3 Å². The van der Waals surface area contributed by atoms with Crippen LogP contribution in [-0.2, 0) is 18.4 Å². The molecule has 0 saturated heterocycles. The lowest BCUT2D eigenvalue weighted by molar-refractivity contribution is -0.121. The van der Waals surface area contributed by atoms with Gasteiger partial charge in [0.25, 0.3) is 5.56 Å². The Labute approximate surface area is 147 Å². The van der Waals surface area contributed by atoms with E-state index in [0.29, 0.717) is 16.6 Å². The summed E-state index contributed by atoms with van der Waals surface area (Å²) < 4.78 is 29.1. The third-order valence-corrected chi connectivity index (χ3v) is 4.12. The minimum atomic E-state index is -0.967. The fourth-order valence-corrected chi connectivity index (χ4v) is 2.63. The second-order valence-corrected chi connectivity index (χ2v) is 5.96. The second-order valence-electron chi connectivity index (χ2n) is 5.96. The van der Waals surface area contributed by atoms with Crippen molar-refractivity contribution in [2.45, 2.75) is 25.9 Å².